The molecule has 150 valence electrons. The SMILES string of the molecule is O=C1CCCN1CC(=O)N1CCC[C@]2(CCC(=O)N(Cc3ccncc3)C2)C1. The van der Waals surface area contributed by atoms with Gasteiger partial charge in [0.1, 0.15) is 0 Å². The molecule has 3 aliphatic heterocycles. The van der Waals surface area contributed by atoms with Crippen LogP contribution in [0.15, 0.2) is 24.5 Å². The Bertz CT molecular complexity index is 753. The van der Waals surface area contributed by atoms with Crippen molar-refractivity contribution in [3.05, 3.63) is 30.1 Å². The van der Waals surface area contributed by atoms with E-state index in [9.17, 15) is 14.4 Å². The van der Waals surface area contributed by atoms with Gasteiger partial charge in [0.15, 0.2) is 0 Å². The third-order valence-electron chi connectivity index (χ3n) is 6.38. The fraction of sp³-hybridized carbons (Fsp3) is 0.619. The zero-order valence-electron chi connectivity index (χ0n) is 16.3. The number of carbonyl (C=O) groups excluding carboxylic acids is 3. The van der Waals surface area contributed by atoms with Gasteiger partial charge in [-0.1, -0.05) is 0 Å². The monoisotopic (exact) mass is 384 g/mol. The highest BCUT2D eigenvalue weighted by Crippen LogP contribution is 2.39. The topological polar surface area (TPSA) is 73.8 Å². The molecule has 4 rings (SSSR count). The predicted molar refractivity (Wildman–Crippen MR) is 103 cm³/mol. The third-order valence-corrected chi connectivity index (χ3v) is 6.38. The number of pyridine rings is 1. The maximum Gasteiger partial charge on any atom is 0.242 e. The quantitative estimate of drug-likeness (QED) is 0.787. The summed E-state index contributed by atoms with van der Waals surface area (Å²) in [6.07, 6.45) is 8.28. The second-order valence-corrected chi connectivity index (χ2v) is 8.44. The number of amides is 3. The van der Waals surface area contributed by atoms with Crippen LogP contribution in [0.4, 0.5) is 0 Å². The summed E-state index contributed by atoms with van der Waals surface area (Å²) in [5.74, 6) is 0.326. The van der Waals surface area contributed by atoms with Crippen molar-refractivity contribution in [2.24, 2.45) is 5.41 Å². The molecule has 0 aromatic carbocycles. The number of carbonyl (C=O) groups is 3. The average molecular weight is 384 g/mol. The van der Waals surface area contributed by atoms with E-state index in [2.05, 4.69) is 4.98 Å². The number of rotatable bonds is 4. The highest BCUT2D eigenvalue weighted by Gasteiger charge is 2.43. The van der Waals surface area contributed by atoms with Gasteiger partial charge in [-0.3, -0.25) is 19.4 Å². The number of likely N-dealkylation sites (tertiary alicyclic amines) is 3. The molecule has 0 radical (unpaired) electrons. The molecule has 1 aromatic heterocycles. The van der Waals surface area contributed by atoms with Crippen LogP contribution in [0.1, 0.15) is 44.1 Å². The molecule has 0 saturated carbocycles. The molecular weight excluding hydrogens is 356 g/mol. The lowest BCUT2D eigenvalue weighted by molar-refractivity contribution is -0.146. The van der Waals surface area contributed by atoms with E-state index in [1.165, 1.54) is 0 Å². The Morgan fingerprint density at radius 3 is 2.50 bits per heavy atom. The van der Waals surface area contributed by atoms with Gasteiger partial charge in [-0.05, 0) is 43.4 Å². The van der Waals surface area contributed by atoms with Crippen LogP contribution >= 0.6 is 0 Å². The molecule has 0 N–H and O–H groups in total. The summed E-state index contributed by atoms with van der Waals surface area (Å²) in [7, 11) is 0. The van der Waals surface area contributed by atoms with Crippen molar-refractivity contribution in [3.8, 4) is 0 Å². The lowest BCUT2D eigenvalue weighted by Gasteiger charge is -2.48. The van der Waals surface area contributed by atoms with Gasteiger partial charge >= 0.3 is 0 Å². The minimum atomic E-state index is -0.0239. The van der Waals surface area contributed by atoms with Crippen molar-refractivity contribution in [2.75, 3.05) is 32.7 Å². The summed E-state index contributed by atoms with van der Waals surface area (Å²) < 4.78 is 0. The lowest BCUT2D eigenvalue weighted by Crippen LogP contribution is -2.56. The Morgan fingerprint density at radius 2 is 1.75 bits per heavy atom. The summed E-state index contributed by atoms with van der Waals surface area (Å²) in [6, 6.07) is 3.89. The molecule has 7 heteroatoms. The predicted octanol–water partition coefficient (Wildman–Crippen LogP) is 1.44. The summed E-state index contributed by atoms with van der Waals surface area (Å²) in [6.45, 7) is 3.63. The standard InChI is InChI=1S/C21H28N4O3/c26-18-3-1-11-23(18)14-20(28)24-12-2-7-21(15-24)8-4-19(27)25(16-21)13-17-5-9-22-10-6-17/h5-6,9-10H,1-4,7-8,11-16H2/t21-/m0/s1. The molecule has 4 heterocycles. The smallest absolute Gasteiger partial charge is 0.242 e. The number of nitrogens with zero attached hydrogens (tertiary/aromatic N) is 4. The molecule has 0 bridgehead atoms. The first-order valence-corrected chi connectivity index (χ1v) is 10.3. The van der Waals surface area contributed by atoms with Gasteiger partial charge < -0.3 is 14.7 Å². The Balaban J connectivity index is 1.41. The molecular formula is C21H28N4O3. The Hall–Kier alpha value is -2.44. The minimum absolute atomic E-state index is 0.0239. The number of hydrogen-bond donors (Lipinski definition) is 0. The molecule has 3 amide bonds. The van der Waals surface area contributed by atoms with Gasteiger partial charge in [-0.15, -0.1) is 0 Å². The molecule has 1 spiro atoms. The van der Waals surface area contributed by atoms with Gasteiger partial charge in [0.2, 0.25) is 17.7 Å². The lowest BCUT2D eigenvalue weighted by atomic mass is 9.73. The summed E-state index contributed by atoms with van der Waals surface area (Å²) in [5, 5.41) is 0. The van der Waals surface area contributed by atoms with Crippen molar-refractivity contribution >= 4 is 17.7 Å². The molecule has 3 aliphatic rings. The first-order chi connectivity index (χ1) is 13.5. The summed E-state index contributed by atoms with van der Waals surface area (Å²) >= 11 is 0. The van der Waals surface area contributed by atoms with E-state index < -0.39 is 0 Å². The average Bonchev–Trinajstić information content (AvgIpc) is 3.10. The van der Waals surface area contributed by atoms with Crippen LogP contribution in [0.2, 0.25) is 0 Å². The zero-order valence-corrected chi connectivity index (χ0v) is 16.3. The zero-order chi connectivity index (χ0) is 19.6. The largest absolute Gasteiger partial charge is 0.341 e. The fourth-order valence-corrected chi connectivity index (χ4v) is 4.84. The highest BCUT2D eigenvalue weighted by molar-refractivity contribution is 5.86. The molecule has 28 heavy (non-hydrogen) atoms. The fourth-order valence-electron chi connectivity index (χ4n) is 4.84. The van der Waals surface area contributed by atoms with Crippen molar-refractivity contribution in [3.63, 3.8) is 0 Å². The first kappa shape index (κ1) is 18.9. The van der Waals surface area contributed by atoms with Crippen LogP contribution in [0.3, 0.4) is 0 Å². The van der Waals surface area contributed by atoms with Crippen LogP contribution in [0.5, 0.6) is 0 Å². The molecule has 1 atom stereocenters. The van der Waals surface area contributed by atoms with Crippen molar-refractivity contribution < 1.29 is 14.4 Å². The number of hydrogen-bond acceptors (Lipinski definition) is 4. The summed E-state index contributed by atoms with van der Waals surface area (Å²) in [4.78, 5) is 46.7. The van der Waals surface area contributed by atoms with Crippen LogP contribution in [0, 0.1) is 5.41 Å². The van der Waals surface area contributed by atoms with Crippen LogP contribution in [0.25, 0.3) is 0 Å². The van der Waals surface area contributed by atoms with Crippen LogP contribution < -0.4 is 0 Å². The molecule has 3 fully saturated rings. The maximum absolute atomic E-state index is 12.8. The van der Waals surface area contributed by atoms with E-state index in [0.29, 0.717) is 39.0 Å². The highest BCUT2D eigenvalue weighted by atomic mass is 16.2. The Kier molecular flexibility index (Phi) is 5.33. The Labute approximate surface area is 165 Å². The van der Waals surface area contributed by atoms with Gasteiger partial charge in [0, 0.05) is 63.4 Å². The second kappa shape index (κ2) is 7.89. The molecule has 7 nitrogen and oxygen atoms in total. The van der Waals surface area contributed by atoms with Crippen molar-refractivity contribution in [1.82, 2.24) is 19.7 Å². The van der Waals surface area contributed by atoms with E-state index in [4.69, 9.17) is 0 Å². The van der Waals surface area contributed by atoms with E-state index in [1.54, 1.807) is 17.3 Å². The molecule has 0 aliphatic carbocycles. The maximum atomic E-state index is 12.8. The third kappa shape index (κ3) is 4.03. The first-order valence-electron chi connectivity index (χ1n) is 10.3. The molecule has 3 saturated heterocycles. The van der Waals surface area contributed by atoms with Crippen molar-refractivity contribution in [1.29, 1.82) is 0 Å². The van der Waals surface area contributed by atoms with E-state index in [0.717, 1.165) is 37.8 Å². The number of aromatic nitrogens is 1. The normalized spacial score (nSPS) is 25.6. The van der Waals surface area contributed by atoms with Gasteiger partial charge in [-0.2, -0.15) is 0 Å². The second-order valence-electron chi connectivity index (χ2n) is 8.44. The minimum Gasteiger partial charge on any atom is -0.341 e. The molecule has 0 unspecified atom stereocenters. The van der Waals surface area contributed by atoms with E-state index >= 15 is 0 Å². The Morgan fingerprint density at radius 1 is 0.964 bits per heavy atom. The van der Waals surface area contributed by atoms with Crippen molar-refractivity contribution in [2.45, 2.75) is 45.1 Å². The summed E-state index contributed by atoms with van der Waals surface area (Å²) in [5.41, 5.74) is 1.06. The van der Waals surface area contributed by atoms with Gasteiger partial charge in [0.25, 0.3) is 0 Å². The van der Waals surface area contributed by atoms with E-state index in [-0.39, 0.29) is 29.7 Å². The van der Waals surface area contributed by atoms with Gasteiger partial charge in [-0.25, -0.2) is 0 Å². The molecule has 1 aromatic rings. The number of piperidine rings is 2. The van der Waals surface area contributed by atoms with Crippen LogP contribution in [-0.4, -0.2) is 70.1 Å². The van der Waals surface area contributed by atoms with Gasteiger partial charge in [0.05, 0.1) is 6.54 Å². The van der Waals surface area contributed by atoms with E-state index in [1.807, 2.05) is 21.9 Å². The van der Waals surface area contributed by atoms with Crippen LogP contribution in [-0.2, 0) is 20.9 Å².